The van der Waals surface area contributed by atoms with Crippen molar-refractivity contribution in [3.63, 3.8) is 0 Å². The van der Waals surface area contributed by atoms with Crippen molar-refractivity contribution in [2.45, 2.75) is 45.6 Å². The first-order valence-corrected chi connectivity index (χ1v) is 8.35. The molecule has 20 heavy (non-hydrogen) atoms. The molecule has 0 radical (unpaired) electrons. The highest BCUT2D eigenvalue weighted by Gasteiger charge is 2.17. The zero-order valence-corrected chi connectivity index (χ0v) is 13.0. The molecule has 112 valence electrons. The summed E-state index contributed by atoms with van der Waals surface area (Å²) < 4.78 is 0. The summed E-state index contributed by atoms with van der Waals surface area (Å²) in [5.41, 5.74) is 1.46. The highest BCUT2D eigenvalue weighted by molar-refractivity contribution is 5.14. The van der Waals surface area contributed by atoms with Crippen molar-refractivity contribution < 1.29 is 0 Å². The van der Waals surface area contributed by atoms with Gasteiger partial charge in [-0.3, -0.25) is 4.90 Å². The van der Waals surface area contributed by atoms with Crippen LogP contribution in [0.5, 0.6) is 0 Å². The zero-order chi connectivity index (χ0) is 14.0. The summed E-state index contributed by atoms with van der Waals surface area (Å²) in [6.07, 6.45) is 6.93. The van der Waals surface area contributed by atoms with Crippen LogP contribution < -0.4 is 5.32 Å². The van der Waals surface area contributed by atoms with Crippen LogP contribution in [0.2, 0.25) is 0 Å². The van der Waals surface area contributed by atoms with Crippen LogP contribution in [0, 0.1) is 5.92 Å². The lowest BCUT2D eigenvalue weighted by Crippen LogP contribution is -2.28. The molecule has 1 N–H and O–H groups in total. The molecule has 1 aromatic rings. The van der Waals surface area contributed by atoms with Gasteiger partial charge in [0.2, 0.25) is 0 Å². The van der Waals surface area contributed by atoms with Crippen LogP contribution >= 0.6 is 0 Å². The molecule has 2 nitrogen and oxygen atoms in total. The van der Waals surface area contributed by atoms with E-state index in [-0.39, 0.29) is 0 Å². The van der Waals surface area contributed by atoms with Gasteiger partial charge in [-0.25, -0.2) is 0 Å². The van der Waals surface area contributed by atoms with E-state index in [4.69, 9.17) is 0 Å². The van der Waals surface area contributed by atoms with Crippen molar-refractivity contribution >= 4 is 0 Å². The van der Waals surface area contributed by atoms with E-state index in [0.29, 0.717) is 0 Å². The van der Waals surface area contributed by atoms with E-state index < -0.39 is 0 Å². The molecule has 2 heteroatoms. The maximum atomic E-state index is 3.44. The number of nitrogens with one attached hydrogen (secondary N) is 1. The molecule has 1 aliphatic rings. The maximum absolute atomic E-state index is 3.44. The van der Waals surface area contributed by atoms with Gasteiger partial charge < -0.3 is 5.32 Å². The van der Waals surface area contributed by atoms with E-state index in [0.717, 1.165) is 19.0 Å². The highest BCUT2D eigenvalue weighted by atomic mass is 15.1. The van der Waals surface area contributed by atoms with Crippen LogP contribution in [0.15, 0.2) is 30.3 Å². The van der Waals surface area contributed by atoms with E-state index in [2.05, 4.69) is 47.5 Å². The largest absolute Gasteiger partial charge is 0.317 e. The van der Waals surface area contributed by atoms with E-state index in [1.54, 1.807) is 0 Å². The predicted molar refractivity (Wildman–Crippen MR) is 86.8 cm³/mol. The van der Waals surface area contributed by atoms with Crippen molar-refractivity contribution in [1.29, 1.82) is 0 Å². The van der Waals surface area contributed by atoms with Gasteiger partial charge >= 0.3 is 0 Å². The Balaban J connectivity index is 1.77. The smallest absolute Gasteiger partial charge is 0.0233 e. The molecule has 1 atom stereocenters. The van der Waals surface area contributed by atoms with Gasteiger partial charge in [0.1, 0.15) is 0 Å². The molecule has 2 rings (SSSR count). The van der Waals surface area contributed by atoms with Gasteiger partial charge in [0.25, 0.3) is 0 Å². The van der Waals surface area contributed by atoms with E-state index >= 15 is 0 Å². The maximum Gasteiger partial charge on any atom is 0.0233 e. The predicted octanol–water partition coefficient (Wildman–Crippen LogP) is 3.68. The molecule has 1 aromatic carbocycles. The Labute approximate surface area is 124 Å². The first-order valence-electron chi connectivity index (χ1n) is 8.35. The van der Waals surface area contributed by atoms with E-state index in [9.17, 15) is 0 Å². The molecule has 1 saturated heterocycles. The monoisotopic (exact) mass is 274 g/mol. The minimum Gasteiger partial charge on any atom is -0.317 e. The summed E-state index contributed by atoms with van der Waals surface area (Å²) in [4.78, 5) is 2.67. The molecule has 0 amide bonds. The fourth-order valence-corrected chi connectivity index (χ4v) is 3.23. The summed E-state index contributed by atoms with van der Waals surface area (Å²) >= 11 is 0. The standard InChI is InChI=1S/C18H30N2/c1-2-19-13-8-12-18-11-6-7-14-20(16-18)15-17-9-4-3-5-10-17/h3-5,9-10,18-19H,2,6-8,11-16H2,1H3. The summed E-state index contributed by atoms with van der Waals surface area (Å²) in [5.74, 6) is 0.903. The summed E-state index contributed by atoms with van der Waals surface area (Å²) in [5, 5.41) is 3.44. The van der Waals surface area contributed by atoms with E-state index in [1.165, 1.54) is 57.3 Å². The number of benzene rings is 1. The van der Waals surface area contributed by atoms with Gasteiger partial charge in [0, 0.05) is 13.1 Å². The molecule has 1 fully saturated rings. The second-order valence-electron chi connectivity index (χ2n) is 6.08. The highest BCUT2D eigenvalue weighted by Crippen LogP contribution is 2.21. The lowest BCUT2D eigenvalue weighted by molar-refractivity contribution is 0.233. The minimum absolute atomic E-state index is 0.903. The quantitative estimate of drug-likeness (QED) is 0.763. The number of nitrogens with zero attached hydrogens (tertiary/aromatic N) is 1. The average molecular weight is 274 g/mol. The topological polar surface area (TPSA) is 15.3 Å². The molecule has 0 bridgehead atoms. The van der Waals surface area contributed by atoms with Crippen molar-refractivity contribution in [2.24, 2.45) is 5.92 Å². The van der Waals surface area contributed by atoms with Gasteiger partial charge in [0.05, 0.1) is 0 Å². The average Bonchev–Trinajstić information content (AvgIpc) is 2.70. The lowest BCUT2D eigenvalue weighted by atomic mass is 9.97. The zero-order valence-electron chi connectivity index (χ0n) is 13.0. The summed E-state index contributed by atoms with van der Waals surface area (Å²) in [6, 6.07) is 10.9. The fraction of sp³-hybridized carbons (Fsp3) is 0.667. The van der Waals surface area contributed by atoms with Gasteiger partial charge in [0.15, 0.2) is 0 Å². The second-order valence-corrected chi connectivity index (χ2v) is 6.08. The number of likely N-dealkylation sites (tertiary alicyclic amines) is 1. The number of rotatable bonds is 7. The third-order valence-corrected chi connectivity index (χ3v) is 4.32. The third kappa shape index (κ3) is 5.64. The Morgan fingerprint density at radius 1 is 1.20 bits per heavy atom. The normalized spacial score (nSPS) is 20.8. The third-order valence-electron chi connectivity index (χ3n) is 4.32. The van der Waals surface area contributed by atoms with Crippen molar-refractivity contribution in [1.82, 2.24) is 10.2 Å². The molecule has 0 spiro atoms. The Morgan fingerprint density at radius 3 is 2.85 bits per heavy atom. The molecule has 0 saturated carbocycles. The van der Waals surface area contributed by atoms with Crippen LogP contribution in [0.1, 0.15) is 44.6 Å². The van der Waals surface area contributed by atoms with Crippen LogP contribution in [0.3, 0.4) is 0 Å². The van der Waals surface area contributed by atoms with Crippen LogP contribution in [-0.2, 0) is 6.54 Å². The Hall–Kier alpha value is -0.860. The van der Waals surface area contributed by atoms with Crippen LogP contribution in [-0.4, -0.2) is 31.1 Å². The van der Waals surface area contributed by atoms with Crippen molar-refractivity contribution in [3.8, 4) is 0 Å². The van der Waals surface area contributed by atoms with Gasteiger partial charge in [-0.1, -0.05) is 43.7 Å². The Morgan fingerprint density at radius 2 is 2.05 bits per heavy atom. The van der Waals surface area contributed by atoms with Crippen LogP contribution in [0.4, 0.5) is 0 Å². The molecule has 1 unspecified atom stereocenters. The minimum atomic E-state index is 0.903. The molecule has 1 heterocycles. The summed E-state index contributed by atoms with van der Waals surface area (Å²) in [6.45, 7) is 8.17. The fourth-order valence-electron chi connectivity index (χ4n) is 3.23. The number of hydrogen-bond acceptors (Lipinski definition) is 2. The molecule has 1 aliphatic heterocycles. The van der Waals surface area contributed by atoms with Crippen molar-refractivity contribution in [2.75, 3.05) is 26.2 Å². The molecule has 0 aromatic heterocycles. The first-order chi connectivity index (χ1) is 9.88. The summed E-state index contributed by atoms with van der Waals surface area (Å²) in [7, 11) is 0. The Kier molecular flexibility index (Phi) is 7.10. The molecular formula is C18H30N2. The van der Waals surface area contributed by atoms with Gasteiger partial charge in [-0.2, -0.15) is 0 Å². The van der Waals surface area contributed by atoms with Gasteiger partial charge in [-0.05, 0) is 56.8 Å². The first kappa shape index (κ1) is 15.5. The van der Waals surface area contributed by atoms with Crippen LogP contribution in [0.25, 0.3) is 0 Å². The second kappa shape index (κ2) is 9.15. The van der Waals surface area contributed by atoms with Gasteiger partial charge in [-0.15, -0.1) is 0 Å². The SMILES string of the molecule is CCNCCCC1CCCCN(Cc2ccccc2)C1. The van der Waals surface area contributed by atoms with Crippen molar-refractivity contribution in [3.05, 3.63) is 35.9 Å². The number of hydrogen-bond donors (Lipinski definition) is 1. The lowest BCUT2D eigenvalue weighted by Gasteiger charge is -2.24. The van der Waals surface area contributed by atoms with E-state index in [1.807, 2.05) is 0 Å². The molecular weight excluding hydrogens is 244 g/mol. The molecule has 0 aliphatic carbocycles. The Bertz CT molecular complexity index is 350.